The molecule has 3 heterocycles. The van der Waals surface area contributed by atoms with Gasteiger partial charge < -0.3 is 10.2 Å². The summed E-state index contributed by atoms with van der Waals surface area (Å²) in [7, 11) is 0. The lowest BCUT2D eigenvalue weighted by atomic mass is 10.2. The van der Waals surface area contributed by atoms with Crippen molar-refractivity contribution in [1.29, 1.82) is 0 Å². The molecule has 0 unspecified atom stereocenters. The summed E-state index contributed by atoms with van der Waals surface area (Å²) >= 11 is 1.41. The van der Waals surface area contributed by atoms with Crippen LogP contribution in [-0.2, 0) is 6.54 Å². The monoisotopic (exact) mass is 344 g/mol. The van der Waals surface area contributed by atoms with Gasteiger partial charge in [-0.1, -0.05) is 12.1 Å². The van der Waals surface area contributed by atoms with Gasteiger partial charge in [0.1, 0.15) is 10.5 Å². The van der Waals surface area contributed by atoms with Gasteiger partial charge in [0, 0.05) is 26.2 Å². The van der Waals surface area contributed by atoms with Crippen molar-refractivity contribution in [2.45, 2.75) is 6.54 Å². The molecule has 0 amide bonds. The first-order chi connectivity index (χ1) is 11.7. The Morgan fingerprint density at radius 1 is 1.17 bits per heavy atom. The fourth-order valence-electron chi connectivity index (χ4n) is 2.95. The summed E-state index contributed by atoms with van der Waals surface area (Å²) in [5, 5.41) is 5.20. The SMILES string of the molecule is O=c1c2sccc2nc(N2CCNCC2)n1Cc1ccc(F)cc1. The molecule has 1 aliphatic heterocycles. The van der Waals surface area contributed by atoms with Crippen molar-refractivity contribution >= 4 is 27.5 Å². The van der Waals surface area contributed by atoms with Crippen LogP contribution in [0.5, 0.6) is 0 Å². The van der Waals surface area contributed by atoms with Gasteiger partial charge in [0.2, 0.25) is 5.95 Å². The molecule has 4 rings (SSSR count). The van der Waals surface area contributed by atoms with E-state index in [0.717, 1.165) is 37.3 Å². The number of hydrogen-bond donors (Lipinski definition) is 1. The normalized spacial score (nSPS) is 15.1. The highest BCUT2D eigenvalue weighted by atomic mass is 32.1. The van der Waals surface area contributed by atoms with E-state index in [4.69, 9.17) is 4.98 Å². The molecule has 0 atom stereocenters. The molecule has 0 spiro atoms. The number of nitrogens with one attached hydrogen (secondary N) is 1. The Kier molecular flexibility index (Phi) is 4.03. The van der Waals surface area contributed by atoms with E-state index < -0.39 is 0 Å². The predicted molar refractivity (Wildman–Crippen MR) is 94.5 cm³/mol. The molecular weight excluding hydrogens is 327 g/mol. The molecule has 7 heteroatoms. The smallest absolute Gasteiger partial charge is 0.273 e. The van der Waals surface area contributed by atoms with Crippen molar-refractivity contribution in [2.75, 3.05) is 31.1 Å². The highest BCUT2D eigenvalue weighted by molar-refractivity contribution is 7.17. The maximum atomic E-state index is 13.1. The van der Waals surface area contributed by atoms with E-state index in [2.05, 4.69) is 10.2 Å². The molecule has 0 aliphatic carbocycles. The second-order valence-corrected chi connectivity index (χ2v) is 6.72. The fraction of sp³-hybridized carbons (Fsp3) is 0.294. The quantitative estimate of drug-likeness (QED) is 0.790. The third-order valence-electron chi connectivity index (χ3n) is 4.20. The van der Waals surface area contributed by atoms with Crippen LogP contribution in [0.3, 0.4) is 0 Å². The first-order valence-corrected chi connectivity index (χ1v) is 8.78. The minimum atomic E-state index is -0.278. The van der Waals surface area contributed by atoms with E-state index in [1.165, 1.54) is 23.5 Å². The second kappa shape index (κ2) is 6.33. The number of hydrogen-bond acceptors (Lipinski definition) is 5. The van der Waals surface area contributed by atoms with Crippen LogP contribution in [-0.4, -0.2) is 35.7 Å². The van der Waals surface area contributed by atoms with Crippen LogP contribution in [0.25, 0.3) is 10.2 Å². The maximum Gasteiger partial charge on any atom is 0.273 e. The zero-order valence-corrected chi connectivity index (χ0v) is 13.9. The summed E-state index contributed by atoms with van der Waals surface area (Å²) in [4.78, 5) is 19.8. The number of aromatic nitrogens is 2. The van der Waals surface area contributed by atoms with Crippen LogP contribution in [0.4, 0.5) is 10.3 Å². The van der Waals surface area contributed by atoms with Crippen LogP contribution in [0.1, 0.15) is 5.56 Å². The molecule has 5 nitrogen and oxygen atoms in total. The molecule has 1 N–H and O–H groups in total. The Morgan fingerprint density at radius 3 is 2.67 bits per heavy atom. The van der Waals surface area contributed by atoms with Gasteiger partial charge in [-0.2, -0.15) is 0 Å². The molecule has 2 aromatic heterocycles. The summed E-state index contributed by atoms with van der Waals surface area (Å²) < 4.78 is 15.5. The molecule has 24 heavy (non-hydrogen) atoms. The van der Waals surface area contributed by atoms with E-state index >= 15 is 0 Å². The first kappa shape index (κ1) is 15.3. The predicted octanol–water partition coefficient (Wildman–Crippen LogP) is 2.05. The minimum Gasteiger partial charge on any atom is -0.340 e. The second-order valence-electron chi connectivity index (χ2n) is 5.80. The molecule has 1 aliphatic rings. The van der Waals surface area contributed by atoms with E-state index in [9.17, 15) is 9.18 Å². The molecular formula is C17H17FN4OS. The highest BCUT2D eigenvalue weighted by Crippen LogP contribution is 2.20. The zero-order valence-electron chi connectivity index (χ0n) is 13.0. The average molecular weight is 344 g/mol. The fourth-order valence-corrected chi connectivity index (χ4v) is 3.73. The van der Waals surface area contributed by atoms with Gasteiger partial charge in [-0.05, 0) is 29.1 Å². The van der Waals surface area contributed by atoms with Gasteiger partial charge in [-0.3, -0.25) is 9.36 Å². The molecule has 0 bridgehead atoms. The zero-order chi connectivity index (χ0) is 16.5. The molecule has 1 aromatic carbocycles. The minimum absolute atomic E-state index is 0.0344. The van der Waals surface area contributed by atoms with Crippen molar-refractivity contribution in [3.8, 4) is 0 Å². The maximum absolute atomic E-state index is 13.1. The summed E-state index contributed by atoms with van der Waals surface area (Å²) in [6.07, 6.45) is 0. The number of rotatable bonds is 3. The first-order valence-electron chi connectivity index (χ1n) is 7.90. The Bertz CT molecular complexity index is 912. The number of fused-ring (bicyclic) bond motifs is 1. The Morgan fingerprint density at radius 2 is 1.92 bits per heavy atom. The Balaban J connectivity index is 1.82. The van der Waals surface area contributed by atoms with Crippen molar-refractivity contribution in [2.24, 2.45) is 0 Å². The van der Waals surface area contributed by atoms with Crippen LogP contribution in [0, 0.1) is 5.82 Å². The molecule has 3 aromatic rings. The van der Waals surface area contributed by atoms with Gasteiger partial charge in [0.25, 0.3) is 5.56 Å². The summed E-state index contributed by atoms with van der Waals surface area (Å²) in [5.41, 5.74) is 1.59. The van der Waals surface area contributed by atoms with Crippen molar-refractivity contribution in [3.05, 3.63) is 57.4 Å². The van der Waals surface area contributed by atoms with Crippen LogP contribution in [0.2, 0.25) is 0 Å². The van der Waals surface area contributed by atoms with Crippen LogP contribution >= 0.6 is 11.3 Å². The largest absolute Gasteiger partial charge is 0.340 e. The molecule has 124 valence electrons. The lowest BCUT2D eigenvalue weighted by molar-refractivity contribution is 0.564. The molecule has 0 radical (unpaired) electrons. The van der Waals surface area contributed by atoms with E-state index in [0.29, 0.717) is 17.2 Å². The number of nitrogens with zero attached hydrogens (tertiary/aromatic N) is 3. The molecule has 1 saturated heterocycles. The third-order valence-corrected chi connectivity index (χ3v) is 5.09. The summed E-state index contributed by atoms with van der Waals surface area (Å²) in [6, 6.07) is 8.14. The summed E-state index contributed by atoms with van der Waals surface area (Å²) in [5.74, 6) is 0.414. The Labute approximate surface area is 142 Å². The lowest BCUT2D eigenvalue weighted by Crippen LogP contribution is -2.46. The van der Waals surface area contributed by atoms with Crippen molar-refractivity contribution < 1.29 is 4.39 Å². The average Bonchev–Trinajstić information content (AvgIpc) is 3.09. The number of thiophene rings is 1. The standard InChI is InChI=1S/C17H17FN4OS/c18-13-3-1-12(2-4-13)11-22-16(23)15-14(5-10-24-15)20-17(22)21-8-6-19-7-9-21/h1-5,10,19H,6-9,11H2. The Hall–Kier alpha value is -2.25. The van der Waals surface area contributed by atoms with Gasteiger partial charge in [-0.25, -0.2) is 9.37 Å². The van der Waals surface area contributed by atoms with Gasteiger partial charge >= 0.3 is 0 Å². The topological polar surface area (TPSA) is 50.2 Å². The van der Waals surface area contributed by atoms with E-state index in [1.807, 2.05) is 11.4 Å². The molecule has 1 fully saturated rings. The van der Waals surface area contributed by atoms with Gasteiger partial charge in [0.05, 0.1) is 12.1 Å². The number of benzene rings is 1. The van der Waals surface area contributed by atoms with Gasteiger partial charge in [0.15, 0.2) is 0 Å². The number of piperazine rings is 1. The number of halogens is 1. The highest BCUT2D eigenvalue weighted by Gasteiger charge is 2.19. The third kappa shape index (κ3) is 2.81. The van der Waals surface area contributed by atoms with E-state index in [-0.39, 0.29) is 11.4 Å². The van der Waals surface area contributed by atoms with Crippen molar-refractivity contribution in [3.63, 3.8) is 0 Å². The number of anilines is 1. The van der Waals surface area contributed by atoms with Gasteiger partial charge in [-0.15, -0.1) is 11.3 Å². The summed E-state index contributed by atoms with van der Waals surface area (Å²) in [6.45, 7) is 3.75. The van der Waals surface area contributed by atoms with Crippen LogP contribution in [0.15, 0.2) is 40.5 Å². The van der Waals surface area contributed by atoms with E-state index in [1.54, 1.807) is 16.7 Å². The molecule has 0 saturated carbocycles. The van der Waals surface area contributed by atoms with Crippen LogP contribution < -0.4 is 15.8 Å². The lowest BCUT2D eigenvalue weighted by Gasteiger charge is -2.30. The van der Waals surface area contributed by atoms with Crippen molar-refractivity contribution in [1.82, 2.24) is 14.9 Å².